The zero-order chi connectivity index (χ0) is 26.9. The molecule has 1 unspecified atom stereocenters. The number of rotatable bonds is 11. The van der Waals surface area contributed by atoms with E-state index in [9.17, 15) is 0 Å². The van der Waals surface area contributed by atoms with Crippen molar-refractivity contribution in [2.45, 2.75) is 83.9 Å². The molecule has 0 spiro atoms. The predicted octanol–water partition coefficient (Wildman–Crippen LogP) is 6.53. The zero-order valence-corrected chi connectivity index (χ0v) is 23.5. The van der Waals surface area contributed by atoms with Gasteiger partial charge in [0.15, 0.2) is 0 Å². The first-order chi connectivity index (χ1) is 19.2. The zero-order valence-electron chi connectivity index (χ0n) is 23.5. The number of nitrogens with zero attached hydrogens (tertiary/aromatic N) is 4. The molecule has 0 amide bonds. The first kappa shape index (κ1) is 27.2. The second kappa shape index (κ2) is 13.6. The van der Waals surface area contributed by atoms with Gasteiger partial charge in [-0.05, 0) is 75.0 Å². The summed E-state index contributed by atoms with van der Waals surface area (Å²) >= 11 is 0. The number of nitrogens with one attached hydrogen (secondary N) is 3. The van der Waals surface area contributed by atoms with Crippen molar-refractivity contribution in [3.63, 3.8) is 0 Å². The van der Waals surface area contributed by atoms with Crippen LogP contribution in [0, 0.1) is 6.92 Å². The molecule has 2 heterocycles. The summed E-state index contributed by atoms with van der Waals surface area (Å²) in [7, 11) is 0. The van der Waals surface area contributed by atoms with Gasteiger partial charge in [-0.1, -0.05) is 62.9 Å². The Morgan fingerprint density at radius 3 is 2.41 bits per heavy atom. The van der Waals surface area contributed by atoms with E-state index in [1.54, 1.807) is 0 Å². The van der Waals surface area contributed by atoms with Crippen LogP contribution in [0.25, 0.3) is 0 Å². The third-order valence-electron chi connectivity index (χ3n) is 7.89. The first-order valence-corrected chi connectivity index (χ1v) is 14.7. The maximum atomic E-state index is 6.07. The van der Waals surface area contributed by atoms with Gasteiger partial charge in [0.25, 0.3) is 0 Å². The normalized spacial score (nSPS) is 18.5. The maximum absolute atomic E-state index is 6.07. The monoisotopic (exact) mass is 529 g/mol. The lowest BCUT2D eigenvalue weighted by Gasteiger charge is -2.23. The number of hydrogen-bond donors (Lipinski definition) is 3. The molecule has 0 radical (unpaired) electrons. The molecule has 3 aromatic rings. The largest absolute Gasteiger partial charge is 0.489 e. The molecule has 1 aliphatic heterocycles. The Hall–Kier alpha value is -3.39. The van der Waals surface area contributed by atoms with Crippen LogP contribution in [0.15, 0.2) is 48.5 Å². The van der Waals surface area contributed by atoms with Gasteiger partial charge in [0, 0.05) is 24.3 Å². The highest BCUT2D eigenvalue weighted by Gasteiger charge is 2.23. The van der Waals surface area contributed by atoms with E-state index >= 15 is 0 Å². The molecule has 5 rings (SSSR count). The molecule has 1 aliphatic carbocycles. The smallest absolute Gasteiger partial charge is 0.233 e. The fourth-order valence-electron chi connectivity index (χ4n) is 5.69. The Balaban J connectivity index is 1.29. The molecule has 1 saturated heterocycles. The van der Waals surface area contributed by atoms with Crippen LogP contribution in [0.3, 0.4) is 0 Å². The molecule has 1 atom stereocenters. The van der Waals surface area contributed by atoms with Crippen molar-refractivity contribution in [2.24, 2.45) is 0 Å². The van der Waals surface area contributed by atoms with E-state index < -0.39 is 0 Å². The average molecular weight is 530 g/mol. The Kier molecular flexibility index (Phi) is 9.48. The summed E-state index contributed by atoms with van der Waals surface area (Å²) in [6, 6.07) is 17.3. The van der Waals surface area contributed by atoms with Crippen LogP contribution in [-0.2, 0) is 6.61 Å². The van der Waals surface area contributed by atoms with E-state index in [0.29, 0.717) is 36.5 Å². The molecule has 2 aromatic carbocycles. The van der Waals surface area contributed by atoms with Gasteiger partial charge >= 0.3 is 0 Å². The summed E-state index contributed by atoms with van der Waals surface area (Å²) in [6.45, 7) is 7.93. The minimum atomic E-state index is 0.407. The van der Waals surface area contributed by atoms with Crippen LogP contribution in [0.2, 0.25) is 0 Å². The van der Waals surface area contributed by atoms with Crippen molar-refractivity contribution in [1.29, 1.82) is 0 Å². The molecular formula is C31H43N7O. The number of aryl methyl sites for hydroxylation is 1. The number of anilines is 4. The van der Waals surface area contributed by atoms with E-state index in [2.05, 4.69) is 52.9 Å². The molecule has 208 valence electrons. The highest BCUT2D eigenvalue weighted by atomic mass is 16.5. The Morgan fingerprint density at radius 1 is 0.872 bits per heavy atom. The minimum absolute atomic E-state index is 0.407. The second-order valence-electron chi connectivity index (χ2n) is 10.8. The van der Waals surface area contributed by atoms with E-state index in [1.165, 1.54) is 45.1 Å². The van der Waals surface area contributed by atoms with Gasteiger partial charge in [-0.3, -0.25) is 4.90 Å². The summed E-state index contributed by atoms with van der Waals surface area (Å²) in [6.07, 6.45) is 9.92. The number of likely N-dealkylation sites (tertiary alicyclic amines) is 1. The molecule has 2 aliphatic rings. The van der Waals surface area contributed by atoms with Gasteiger partial charge in [0.05, 0.1) is 0 Å². The Labute approximate surface area is 233 Å². The van der Waals surface area contributed by atoms with Crippen LogP contribution in [-0.4, -0.2) is 51.6 Å². The summed E-state index contributed by atoms with van der Waals surface area (Å²) < 4.78 is 6.07. The number of ether oxygens (including phenoxy) is 1. The van der Waals surface area contributed by atoms with Gasteiger partial charge in [-0.15, -0.1) is 0 Å². The molecule has 8 nitrogen and oxygen atoms in total. The van der Waals surface area contributed by atoms with E-state index in [0.717, 1.165) is 48.5 Å². The van der Waals surface area contributed by atoms with Crippen LogP contribution in [0.1, 0.15) is 69.4 Å². The van der Waals surface area contributed by atoms with Crippen molar-refractivity contribution < 1.29 is 4.74 Å². The van der Waals surface area contributed by atoms with Gasteiger partial charge in [0.2, 0.25) is 17.8 Å². The van der Waals surface area contributed by atoms with Gasteiger partial charge < -0.3 is 20.7 Å². The topological polar surface area (TPSA) is 87.2 Å². The van der Waals surface area contributed by atoms with Gasteiger partial charge in [0.1, 0.15) is 12.4 Å². The van der Waals surface area contributed by atoms with Crippen LogP contribution >= 0.6 is 0 Å². The summed E-state index contributed by atoms with van der Waals surface area (Å²) in [5.74, 6) is 2.67. The third-order valence-corrected chi connectivity index (χ3v) is 7.89. The van der Waals surface area contributed by atoms with Crippen molar-refractivity contribution in [1.82, 2.24) is 19.9 Å². The number of aromatic nitrogens is 3. The standard InChI is InChI=1S/C31H43N7O/c1-3-38-19-11-16-27(38)21-32-29-35-30(33-25-14-9-4-5-10-15-25)37-31(36-29)34-26-17-18-28(23(2)20-26)39-22-24-12-7-6-8-13-24/h6-8,12-13,17-18,20,25,27H,3-5,9-11,14-16,19,21-22H2,1-2H3,(H3,32,33,34,35,36,37). The Morgan fingerprint density at radius 2 is 1.64 bits per heavy atom. The molecule has 39 heavy (non-hydrogen) atoms. The van der Waals surface area contributed by atoms with E-state index in [-0.39, 0.29) is 0 Å². The molecule has 0 bridgehead atoms. The molecule has 8 heteroatoms. The van der Waals surface area contributed by atoms with Gasteiger partial charge in [-0.25, -0.2) is 0 Å². The third kappa shape index (κ3) is 7.82. The van der Waals surface area contributed by atoms with E-state index in [4.69, 9.17) is 19.7 Å². The quantitative estimate of drug-likeness (QED) is 0.242. The molecule has 2 fully saturated rings. The van der Waals surface area contributed by atoms with Crippen LogP contribution < -0.4 is 20.7 Å². The summed E-state index contributed by atoms with van der Waals surface area (Å²) in [5.41, 5.74) is 3.13. The number of likely N-dealkylation sites (N-methyl/N-ethyl adjacent to an activating group) is 1. The fraction of sp³-hybridized carbons (Fsp3) is 0.516. The lowest BCUT2D eigenvalue weighted by Crippen LogP contribution is -2.35. The highest BCUT2D eigenvalue weighted by molar-refractivity contribution is 5.59. The SMILES string of the molecule is CCN1CCCC1CNc1nc(Nc2ccc(OCc3ccccc3)c(C)c2)nc(NC2CCCCCC2)n1. The summed E-state index contributed by atoms with van der Waals surface area (Å²) in [5, 5.41) is 10.5. The Bertz CT molecular complexity index is 1180. The number of benzene rings is 2. The molecular weight excluding hydrogens is 486 g/mol. The fourth-order valence-corrected chi connectivity index (χ4v) is 5.69. The highest BCUT2D eigenvalue weighted by Crippen LogP contribution is 2.26. The van der Waals surface area contributed by atoms with Crippen molar-refractivity contribution in [3.05, 3.63) is 59.7 Å². The predicted molar refractivity (Wildman–Crippen MR) is 159 cm³/mol. The minimum Gasteiger partial charge on any atom is -0.489 e. The lowest BCUT2D eigenvalue weighted by molar-refractivity contribution is 0.277. The van der Waals surface area contributed by atoms with Crippen molar-refractivity contribution in [3.8, 4) is 5.75 Å². The van der Waals surface area contributed by atoms with Crippen LogP contribution in [0.4, 0.5) is 23.5 Å². The van der Waals surface area contributed by atoms with Gasteiger partial charge in [-0.2, -0.15) is 15.0 Å². The van der Waals surface area contributed by atoms with Crippen LogP contribution in [0.5, 0.6) is 5.75 Å². The molecule has 3 N–H and O–H groups in total. The maximum Gasteiger partial charge on any atom is 0.233 e. The van der Waals surface area contributed by atoms with Crippen molar-refractivity contribution >= 4 is 23.5 Å². The molecule has 1 saturated carbocycles. The average Bonchev–Trinajstić information content (AvgIpc) is 3.26. The molecule has 1 aromatic heterocycles. The number of hydrogen-bond acceptors (Lipinski definition) is 8. The first-order valence-electron chi connectivity index (χ1n) is 14.7. The van der Waals surface area contributed by atoms with E-state index in [1.807, 2.05) is 30.3 Å². The van der Waals surface area contributed by atoms with Crippen molar-refractivity contribution in [2.75, 3.05) is 35.6 Å². The lowest BCUT2D eigenvalue weighted by atomic mass is 10.1. The second-order valence-corrected chi connectivity index (χ2v) is 10.8. The summed E-state index contributed by atoms with van der Waals surface area (Å²) in [4.78, 5) is 16.8.